The number of carbonyl (C=O) groups excluding carboxylic acids is 3. The molecule has 2 atom stereocenters. The van der Waals surface area contributed by atoms with Crippen LogP contribution in [0.1, 0.15) is 219 Å². The lowest BCUT2D eigenvalue weighted by Crippen LogP contribution is -2.44. The van der Waals surface area contributed by atoms with Gasteiger partial charge in [0.1, 0.15) is 13.2 Å². The fraction of sp³-hybridized carbons (Fsp3) is 0.672. The van der Waals surface area contributed by atoms with Crippen LogP contribution < -0.4 is 5.11 Å². The summed E-state index contributed by atoms with van der Waals surface area (Å²) in [4.78, 5) is 37.2. The quantitative estimate of drug-likeness (QED) is 0.0195. The first-order valence-electron chi connectivity index (χ1n) is 29.0. The Labute approximate surface area is 447 Å². The van der Waals surface area contributed by atoms with Crippen molar-refractivity contribution < 1.29 is 42.9 Å². The number of carboxylic acids is 1. The Morgan fingerprint density at radius 2 is 0.781 bits per heavy atom. The fourth-order valence-corrected chi connectivity index (χ4v) is 7.59. The van der Waals surface area contributed by atoms with Gasteiger partial charge < -0.3 is 33.3 Å². The molecule has 0 fully saturated rings. The number of likely N-dealkylation sites (N-methyl/N-ethyl adjacent to an activating group) is 1. The molecule has 9 heteroatoms. The second kappa shape index (κ2) is 54.2. The molecule has 0 aliphatic carbocycles. The lowest BCUT2D eigenvalue weighted by Gasteiger charge is -2.26. The minimum absolute atomic E-state index is 0.141. The van der Waals surface area contributed by atoms with Crippen molar-refractivity contribution in [3.05, 3.63) is 109 Å². The van der Waals surface area contributed by atoms with Crippen LogP contribution in [0.25, 0.3) is 0 Å². The van der Waals surface area contributed by atoms with Gasteiger partial charge in [0.2, 0.25) is 0 Å². The third kappa shape index (κ3) is 55.5. The Bertz CT molecular complexity index is 1560. The molecule has 0 aromatic heterocycles. The second-order valence-electron chi connectivity index (χ2n) is 20.2. The van der Waals surface area contributed by atoms with Crippen molar-refractivity contribution in [3.63, 3.8) is 0 Å². The molecule has 0 aliphatic rings. The summed E-state index contributed by atoms with van der Waals surface area (Å²) < 4.78 is 22.6. The molecule has 0 aromatic rings. The minimum Gasteiger partial charge on any atom is -0.545 e. The van der Waals surface area contributed by atoms with Gasteiger partial charge in [-0.25, -0.2) is 0 Å². The summed E-state index contributed by atoms with van der Waals surface area (Å²) in [5, 5.41) is 11.8. The summed E-state index contributed by atoms with van der Waals surface area (Å²) in [5.41, 5.74) is 0. The van der Waals surface area contributed by atoms with Gasteiger partial charge in [0, 0.05) is 12.8 Å². The van der Waals surface area contributed by atoms with Gasteiger partial charge in [0.05, 0.1) is 40.3 Å². The van der Waals surface area contributed by atoms with E-state index in [0.717, 1.165) is 103 Å². The lowest BCUT2D eigenvalue weighted by molar-refractivity contribution is -0.870. The molecule has 0 aromatic carbocycles. The normalized spacial score (nSPS) is 13.6. The smallest absolute Gasteiger partial charge is 0.306 e. The fourth-order valence-electron chi connectivity index (χ4n) is 7.59. The Morgan fingerprint density at radius 3 is 1.16 bits per heavy atom. The summed E-state index contributed by atoms with van der Waals surface area (Å²) in [7, 11) is 5.91. The minimum atomic E-state index is -1.63. The largest absolute Gasteiger partial charge is 0.545 e. The average molecular weight is 1020 g/mol. The zero-order valence-corrected chi connectivity index (χ0v) is 47.2. The molecule has 73 heavy (non-hydrogen) atoms. The second-order valence-corrected chi connectivity index (χ2v) is 20.2. The number of carbonyl (C=O) groups is 3. The van der Waals surface area contributed by atoms with Crippen molar-refractivity contribution >= 4 is 17.9 Å². The first kappa shape index (κ1) is 69.0. The third-order valence-corrected chi connectivity index (χ3v) is 12.0. The highest BCUT2D eigenvalue weighted by atomic mass is 16.7. The van der Waals surface area contributed by atoms with Crippen LogP contribution in [0.4, 0.5) is 0 Å². The summed E-state index contributed by atoms with van der Waals surface area (Å²) in [6.45, 7) is 4.61. The predicted molar refractivity (Wildman–Crippen MR) is 306 cm³/mol. The molecule has 0 N–H and O–H groups in total. The molecule has 0 saturated carbocycles. The topological polar surface area (TPSA) is 111 Å². The highest BCUT2D eigenvalue weighted by Crippen LogP contribution is 2.15. The van der Waals surface area contributed by atoms with E-state index in [1.165, 1.54) is 83.5 Å². The van der Waals surface area contributed by atoms with Gasteiger partial charge in [-0.1, -0.05) is 232 Å². The van der Waals surface area contributed by atoms with Crippen LogP contribution in [0, 0.1) is 0 Å². The predicted octanol–water partition coefficient (Wildman–Crippen LogP) is 15.8. The number of unbranched alkanes of at least 4 members (excludes halogenated alkanes) is 19. The standard InChI is InChI=1S/C64H107NO8/c1-6-8-10-12-14-16-18-20-21-22-23-24-25-26-27-28-29-30-31-32-33-34-35-36-37-38-39-40-41-43-45-47-49-51-53-55-62(67)73-60(59-72-64(63(68)69)70-57-56-65(3,4)5)58-71-61(66)54-52-50-48-46-44-42-19-17-15-13-11-9-7-2/h8,10,14,16,20-21,23-24,26-27,29-30,32-33,35-36,38-39,60,64H,6-7,9,11-13,15,17-19,22,25,28,31,34,37,40-59H2,1-5H3/b10-8-,16-14-,21-20-,24-23-,27-26-,30-29-,33-32-,36-35-,39-38-. The van der Waals surface area contributed by atoms with Gasteiger partial charge in [0.15, 0.2) is 12.4 Å². The van der Waals surface area contributed by atoms with Crippen LogP contribution in [0.3, 0.4) is 0 Å². The Balaban J connectivity index is 4.23. The third-order valence-electron chi connectivity index (χ3n) is 12.0. The number of hydrogen-bond donors (Lipinski definition) is 0. The molecule has 0 aliphatic heterocycles. The van der Waals surface area contributed by atoms with Crippen LogP contribution in [0.2, 0.25) is 0 Å². The maximum Gasteiger partial charge on any atom is 0.306 e. The van der Waals surface area contributed by atoms with E-state index in [4.69, 9.17) is 18.9 Å². The maximum absolute atomic E-state index is 12.8. The van der Waals surface area contributed by atoms with E-state index in [9.17, 15) is 19.5 Å². The maximum atomic E-state index is 12.8. The van der Waals surface area contributed by atoms with Crippen molar-refractivity contribution in [2.45, 2.75) is 232 Å². The average Bonchev–Trinajstić information content (AvgIpc) is 3.36. The van der Waals surface area contributed by atoms with E-state index in [0.29, 0.717) is 17.4 Å². The Morgan fingerprint density at radius 1 is 0.425 bits per heavy atom. The van der Waals surface area contributed by atoms with E-state index >= 15 is 0 Å². The first-order chi connectivity index (χ1) is 35.6. The molecule has 0 amide bonds. The summed E-state index contributed by atoms with van der Waals surface area (Å²) in [6.07, 6.45) is 71.4. The zero-order chi connectivity index (χ0) is 53.4. The van der Waals surface area contributed by atoms with Crippen molar-refractivity contribution in [3.8, 4) is 0 Å². The number of allylic oxidation sites excluding steroid dienone is 18. The number of aliphatic carboxylic acids is 1. The zero-order valence-electron chi connectivity index (χ0n) is 47.2. The summed E-state index contributed by atoms with van der Waals surface area (Å²) in [6, 6.07) is 0. The van der Waals surface area contributed by atoms with E-state index in [2.05, 4.69) is 123 Å². The highest BCUT2D eigenvalue weighted by molar-refractivity contribution is 5.70. The number of ether oxygens (including phenoxy) is 4. The van der Waals surface area contributed by atoms with Crippen LogP contribution in [0.5, 0.6) is 0 Å². The van der Waals surface area contributed by atoms with Crippen LogP contribution >= 0.6 is 0 Å². The molecule has 9 nitrogen and oxygen atoms in total. The molecule has 0 radical (unpaired) electrons. The van der Waals surface area contributed by atoms with Gasteiger partial charge in [-0.2, -0.15) is 0 Å². The monoisotopic (exact) mass is 1020 g/mol. The summed E-state index contributed by atoms with van der Waals surface area (Å²) >= 11 is 0. The van der Waals surface area contributed by atoms with Gasteiger partial charge in [0.25, 0.3) is 0 Å². The molecule has 0 heterocycles. The molecule has 0 bridgehead atoms. The van der Waals surface area contributed by atoms with E-state index in [-0.39, 0.29) is 38.6 Å². The Kier molecular flexibility index (Phi) is 51.2. The van der Waals surface area contributed by atoms with Gasteiger partial charge in [-0.3, -0.25) is 9.59 Å². The number of nitrogens with zero attached hydrogens (tertiary/aromatic N) is 1. The number of esters is 2. The molecule has 0 spiro atoms. The van der Waals surface area contributed by atoms with E-state index in [1.807, 2.05) is 21.1 Å². The lowest BCUT2D eigenvalue weighted by atomic mass is 10.0. The molecule has 0 rings (SSSR count). The van der Waals surface area contributed by atoms with Crippen molar-refractivity contribution in [2.24, 2.45) is 0 Å². The van der Waals surface area contributed by atoms with Crippen LogP contribution in [-0.4, -0.2) is 82.3 Å². The summed E-state index contributed by atoms with van der Waals surface area (Å²) in [5.74, 6) is -2.30. The van der Waals surface area contributed by atoms with Crippen LogP contribution in [-0.2, 0) is 33.3 Å². The first-order valence-corrected chi connectivity index (χ1v) is 29.0. The Hall–Kier alpha value is -4.05. The number of rotatable bonds is 52. The molecule has 2 unspecified atom stereocenters. The van der Waals surface area contributed by atoms with E-state index in [1.54, 1.807) is 0 Å². The SMILES string of the molecule is CC/C=C\C/C=C\C/C=C\C/C=C\C/C=C\C/C=C\C/C=C\C/C=C\C/C=C\CCCCCCCCCC(=O)OC(COC(=O)CCCCCCCCCCCCCCC)COC(OCC[N+](C)(C)C)C(=O)[O-]. The molecule has 416 valence electrons. The van der Waals surface area contributed by atoms with E-state index < -0.39 is 24.3 Å². The highest BCUT2D eigenvalue weighted by Gasteiger charge is 2.22. The van der Waals surface area contributed by atoms with Crippen molar-refractivity contribution in [2.75, 3.05) is 47.5 Å². The number of quaternary nitrogens is 1. The molecule has 0 saturated heterocycles. The van der Waals surface area contributed by atoms with Crippen molar-refractivity contribution in [1.29, 1.82) is 0 Å². The molecular formula is C64H107NO8. The van der Waals surface area contributed by atoms with Crippen LogP contribution in [0.15, 0.2) is 109 Å². The van der Waals surface area contributed by atoms with Gasteiger partial charge in [-0.15, -0.1) is 0 Å². The number of carboxylic acid groups (broad SMARTS) is 1. The molecular weight excluding hydrogens is 911 g/mol. The van der Waals surface area contributed by atoms with Crippen molar-refractivity contribution in [1.82, 2.24) is 0 Å². The van der Waals surface area contributed by atoms with Gasteiger partial charge >= 0.3 is 11.9 Å². The number of hydrogen-bond acceptors (Lipinski definition) is 8. The van der Waals surface area contributed by atoms with Gasteiger partial charge in [-0.05, 0) is 83.5 Å².